The summed E-state index contributed by atoms with van der Waals surface area (Å²) < 4.78 is 3.64. The highest BCUT2D eigenvalue weighted by Crippen LogP contribution is 2.32. The van der Waals surface area contributed by atoms with E-state index in [-0.39, 0.29) is 11.2 Å². The molecule has 130 valence electrons. The van der Waals surface area contributed by atoms with Crippen LogP contribution in [0, 0.1) is 13.8 Å². The Morgan fingerprint density at radius 1 is 1.33 bits per heavy atom. The molecule has 1 fully saturated rings. The van der Waals surface area contributed by atoms with Crippen LogP contribution in [0.1, 0.15) is 50.0 Å². The Hall–Kier alpha value is -1.90. The van der Waals surface area contributed by atoms with Crippen LogP contribution in [0.5, 0.6) is 0 Å². The molecule has 9 heteroatoms. The van der Waals surface area contributed by atoms with Crippen molar-refractivity contribution in [2.75, 3.05) is 5.32 Å². The average Bonchev–Trinajstić information content (AvgIpc) is 3.25. The number of aromatic nitrogens is 6. The van der Waals surface area contributed by atoms with Crippen LogP contribution in [-0.4, -0.2) is 41.1 Å². The fraction of sp³-hybridized carbons (Fsp3) is 0.667. The summed E-state index contributed by atoms with van der Waals surface area (Å²) in [6.07, 6.45) is 4.63. The number of thioether (sulfide) groups is 1. The minimum Gasteiger partial charge on any atom is -0.322 e. The van der Waals surface area contributed by atoms with Crippen molar-refractivity contribution >= 4 is 23.4 Å². The van der Waals surface area contributed by atoms with E-state index < -0.39 is 0 Å². The van der Waals surface area contributed by atoms with Gasteiger partial charge in [0.2, 0.25) is 11.1 Å². The van der Waals surface area contributed by atoms with Crippen LogP contribution in [0.2, 0.25) is 0 Å². The molecule has 0 bridgehead atoms. The highest BCUT2D eigenvalue weighted by Gasteiger charge is 2.25. The fourth-order valence-electron chi connectivity index (χ4n) is 3.03. The second-order valence-corrected chi connectivity index (χ2v) is 7.57. The normalized spacial score (nSPS) is 16.5. The van der Waals surface area contributed by atoms with E-state index in [1.54, 1.807) is 4.68 Å². The molecular weight excluding hydrogens is 326 g/mol. The second-order valence-electron chi connectivity index (χ2n) is 6.26. The van der Waals surface area contributed by atoms with Crippen LogP contribution in [-0.2, 0) is 11.8 Å². The van der Waals surface area contributed by atoms with Crippen molar-refractivity contribution < 1.29 is 4.79 Å². The van der Waals surface area contributed by atoms with Gasteiger partial charge in [-0.25, -0.2) is 4.68 Å². The Kier molecular flexibility index (Phi) is 4.88. The first-order valence-electron chi connectivity index (χ1n) is 8.23. The lowest BCUT2D eigenvalue weighted by molar-refractivity contribution is -0.115. The minimum atomic E-state index is -0.296. The number of anilines is 1. The van der Waals surface area contributed by atoms with Gasteiger partial charge in [-0.15, -0.1) is 5.10 Å². The predicted molar refractivity (Wildman–Crippen MR) is 92.0 cm³/mol. The number of nitrogens with one attached hydrogen (secondary N) is 1. The van der Waals surface area contributed by atoms with Crippen molar-refractivity contribution in [1.82, 2.24) is 30.0 Å². The number of aryl methyl sites for hydroxylation is 2. The molecule has 1 aliphatic rings. The Labute approximate surface area is 145 Å². The number of carbonyl (C=O) groups excluding carboxylic acids is 1. The summed E-state index contributed by atoms with van der Waals surface area (Å²) in [5, 5.41) is 19.7. The van der Waals surface area contributed by atoms with Gasteiger partial charge in [0, 0.05) is 7.05 Å². The molecule has 2 aromatic rings. The number of tetrazole rings is 1. The number of amides is 1. The first kappa shape index (κ1) is 16.9. The molecule has 0 saturated heterocycles. The Morgan fingerprint density at radius 3 is 2.67 bits per heavy atom. The molecule has 0 unspecified atom stereocenters. The quantitative estimate of drug-likeness (QED) is 0.833. The summed E-state index contributed by atoms with van der Waals surface area (Å²) in [6, 6.07) is 0.362. The third kappa shape index (κ3) is 3.31. The van der Waals surface area contributed by atoms with E-state index in [0.29, 0.717) is 11.2 Å². The van der Waals surface area contributed by atoms with Crippen LogP contribution in [0.25, 0.3) is 0 Å². The third-order valence-corrected chi connectivity index (χ3v) is 5.59. The highest BCUT2D eigenvalue weighted by molar-refractivity contribution is 8.00. The summed E-state index contributed by atoms with van der Waals surface area (Å²) in [6.45, 7) is 5.70. The molecule has 0 spiro atoms. The molecular formula is C15H23N7OS. The van der Waals surface area contributed by atoms with Gasteiger partial charge in [0.1, 0.15) is 0 Å². The molecule has 2 heterocycles. The second kappa shape index (κ2) is 6.92. The molecule has 1 aliphatic carbocycles. The zero-order valence-electron chi connectivity index (χ0n) is 14.5. The first-order valence-corrected chi connectivity index (χ1v) is 9.11. The molecule has 24 heavy (non-hydrogen) atoms. The van der Waals surface area contributed by atoms with Gasteiger partial charge in [0.05, 0.1) is 28.4 Å². The molecule has 8 nitrogen and oxygen atoms in total. The average molecular weight is 349 g/mol. The lowest BCUT2D eigenvalue weighted by Crippen LogP contribution is -2.24. The summed E-state index contributed by atoms with van der Waals surface area (Å²) in [4.78, 5) is 12.5. The van der Waals surface area contributed by atoms with E-state index in [4.69, 9.17) is 0 Å². The third-order valence-electron chi connectivity index (χ3n) is 4.54. The molecule has 1 amide bonds. The molecule has 1 atom stereocenters. The van der Waals surface area contributed by atoms with Crippen LogP contribution in [0.4, 0.5) is 5.69 Å². The van der Waals surface area contributed by atoms with Crippen molar-refractivity contribution in [2.24, 2.45) is 7.05 Å². The van der Waals surface area contributed by atoms with Gasteiger partial charge in [-0.3, -0.25) is 9.48 Å². The van der Waals surface area contributed by atoms with Crippen LogP contribution in [0.3, 0.4) is 0 Å². The van der Waals surface area contributed by atoms with E-state index in [1.165, 1.54) is 24.6 Å². The molecule has 1 N–H and O–H groups in total. The van der Waals surface area contributed by atoms with E-state index >= 15 is 0 Å². The first-order chi connectivity index (χ1) is 11.5. The number of hydrogen-bond donors (Lipinski definition) is 1. The monoisotopic (exact) mass is 349 g/mol. The maximum Gasteiger partial charge on any atom is 0.237 e. The minimum absolute atomic E-state index is 0.0693. The molecule has 3 rings (SSSR count). The van der Waals surface area contributed by atoms with Crippen molar-refractivity contribution in [1.29, 1.82) is 0 Å². The standard InChI is InChI=1S/C15H23N7OS/c1-9-13(10(2)21(4)18-9)16-14(23)11(3)24-15-17-19-20-22(15)12-7-5-6-8-12/h11-12H,5-8H2,1-4H3,(H,16,23)/t11-/m1/s1. The fourth-order valence-corrected chi connectivity index (χ4v) is 3.89. The van der Waals surface area contributed by atoms with Crippen molar-refractivity contribution in [3.63, 3.8) is 0 Å². The summed E-state index contributed by atoms with van der Waals surface area (Å²) in [7, 11) is 1.87. The Morgan fingerprint density at radius 2 is 2.04 bits per heavy atom. The largest absolute Gasteiger partial charge is 0.322 e. The maximum atomic E-state index is 12.5. The van der Waals surface area contributed by atoms with Gasteiger partial charge < -0.3 is 5.32 Å². The van der Waals surface area contributed by atoms with E-state index in [0.717, 1.165) is 29.9 Å². The van der Waals surface area contributed by atoms with E-state index in [9.17, 15) is 4.79 Å². The van der Waals surface area contributed by atoms with Gasteiger partial charge in [-0.1, -0.05) is 24.6 Å². The SMILES string of the molecule is Cc1nn(C)c(C)c1NC(=O)[C@@H](C)Sc1nnnn1C1CCCC1. The van der Waals surface area contributed by atoms with Gasteiger partial charge >= 0.3 is 0 Å². The van der Waals surface area contributed by atoms with E-state index in [2.05, 4.69) is 25.9 Å². The number of carbonyl (C=O) groups is 1. The van der Waals surface area contributed by atoms with Crippen molar-refractivity contribution in [2.45, 2.75) is 62.9 Å². The lowest BCUT2D eigenvalue weighted by atomic mass is 10.3. The zero-order chi connectivity index (χ0) is 17.3. The molecule has 0 aliphatic heterocycles. The van der Waals surface area contributed by atoms with Gasteiger partial charge in [-0.2, -0.15) is 5.10 Å². The number of nitrogens with zero attached hydrogens (tertiary/aromatic N) is 6. The lowest BCUT2D eigenvalue weighted by Gasteiger charge is -2.14. The molecule has 0 aromatic carbocycles. The molecule has 0 radical (unpaired) electrons. The molecule has 2 aromatic heterocycles. The summed E-state index contributed by atoms with van der Waals surface area (Å²) in [5.41, 5.74) is 2.54. The Balaban J connectivity index is 1.67. The van der Waals surface area contributed by atoms with Crippen molar-refractivity contribution in [3.05, 3.63) is 11.4 Å². The van der Waals surface area contributed by atoms with Gasteiger partial charge in [0.15, 0.2) is 0 Å². The highest BCUT2D eigenvalue weighted by atomic mass is 32.2. The van der Waals surface area contributed by atoms with Crippen LogP contribution in [0.15, 0.2) is 5.16 Å². The maximum absolute atomic E-state index is 12.5. The van der Waals surface area contributed by atoms with Gasteiger partial charge in [-0.05, 0) is 44.0 Å². The Bertz CT molecular complexity index is 732. The summed E-state index contributed by atoms with van der Waals surface area (Å²) in [5.74, 6) is -0.0693. The van der Waals surface area contributed by atoms with Crippen molar-refractivity contribution in [3.8, 4) is 0 Å². The van der Waals surface area contributed by atoms with Crippen LogP contribution < -0.4 is 5.32 Å². The van der Waals surface area contributed by atoms with E-state index in [1.807, 2.05) is 32.5 Å². The topological polar surface area (TPSA) is 90.5 Å². The van der Waals surface area contributed by atoms with Gasteiger partial charge in [0.25, 0.3) is 0 Å². The molecule has 1 saturated carbocycles. The number of rotatable bonds is 5. The smallest absolute Gasteiger partial charge is 0.237 e. The summed E-state index contributed by atoms with van der Waals surface area (Å²) >= 11 is 1.40. The zero-order valence-corrected chi connectivity index (χ0v) is 15.3. The van der Waals surface area contributed by atoms with Crippen LogP contribution >= 0.6 is 11.8 Å². The predicted octanol–water partition coefficient (Wildman–Crippen LogP) is 2.26. The number of hydrogen-bond acceptors (Lipinski definition) is 6.